The van der Waals surface area contributed by atoms with E-state index in [4.69, 9.17) is 16.7 Å². The monoisotopic (exact) mass is 821 g/mol. The summed E-state index contributed by atoms with van der Waals surface area (Å²) in [5.74, 6) is -2.36. The van der Waals surface area contributed by atoms with Crippen LogP contribution in [0.4, 0.5) is 13.2 Å². The molecule has 1 aromatic heterocycles. The zero-order chi connectivity index (χ0) is 42.9. The average Bonchev–Trinajstić information content (AvgIpc) is 3.54. The molecule has 1 aliphatic rings. The Morgan fingerprint density at radius 2 is 1.36 bits per heavy atom. The van der Waals surface area contributed by atoms with E-state index in [9.17, 15) is 32.3 Å². The van der Waals surface area contributed by atoms with Crippen molar-refractivity contribution in [3.8, 4) is 0 Å². The first-order chi connectivity index (χ1) is 27.7. The Hall–Kier alpha value is -5.34. The number of Topliss-reactive ketones (excluding diaryl/α,β-unsaturated/α-hetero) is 1. The topological polar surface area (TPSA) is 124 Å². The number of fused-ring (bicyclic) bond motifs is 1. The van der Waals surface area contributed by atoms with Crippen LogP contribution in [0.25, 0.3) is 10.9 Å². The molecule has 58 heavy (non-hydrogen) atoms. The summed E-state index contributed by atoms with van der Waals surface area (Å²) in [6.45, 7) is 1.43. The van der Waals surface area contributed by atoms with E-state index >= 15 is 0 Å². The Morgan fingerprint density at radius 1 is 0.828 bits per heavy atom. The van der Waals surface area contributed by atoms with E-state index in [2.05, 4.69) is 15.5 Å². The van der Waals surface area contributed by atoms with Crippen LogP contribution in [0.1, 0.15) is 67.9 Å². The second-order valence-corrected chi connectivity index (χ2v) is 14.2. The Kier molecular flexibility index (Phi) is 18.8. The number of amides is 2. The van der Waals surface area contributed by atoms with E-state index in [0.29, 0.717) is 29.3 Å². The molecule has 0 spiro atoms. The van der Waals surface area contributed by atoms with Gasteiger partial charge in [-0.05, 0) is 98.7 Å². The Morgan fingerprint density at radius 3 is 1.90 bits per heavy atom. The van der Waals surface area contributed by atoms with Gasteiger partial charge in [0.1, 0.15) is 23.7 Å². The molecule has 0 radical (unpaired) electrons. The lowest BCUT2D eigenvalue weighted by atomic mass is 9.88. The molecule has 0 saturated heterocycles. The summed E-state index contributed by atoms with van der Waals surface area (Å²) in [6, 6.07) is 21.6. The highest BCUT2D eigenvalue weighted by Crippen LogP contribution is 2.30. The number of likely N-dealkylation sites (N-methyl/N-ethyl adjacent to an activating group) is 2. The molecule has 2 atom stereocenters. The molecule has 3 N–H and O–H groups in total. The fourth-order valence-corrected chi connectivity index (χ4v) is 6.72. The van der Waals surface area contributed by atoms with Crippen molar-refractivity contribution in [2.24, 2.45) is 7.05 Å². The molecule has 2 unspecified atom stereocenters. The normalized spacial score (nSPS) is 14.5. The van der Waals surface area contributed by atoms with E-state index < -0.39 is 11.7 Å². The molecule has 310 valence electrons. The van der Waals surface area contributed by atoms with Crippen LogP contribution in [0.5, 0.6) is 0 Å². The van der Waals surface area contributed by atoms with Gasteiger partial charge < -0.3 is 25.2 Å². The minimum atomic E-state index is -0.640. The quantitative estimate of drug-likeness (QED) is 0.0774. The van der Waals surface area contributed by atoms with Gasteiger partial charge in [0, 0.05) is 70.6 Å². The van der Waals surface area contributed by atoms with Gasteiger partial charge in [0.25, 0.3) is 17.6 Å². The number of benzene rings is 4. The first-order valence-electron chi connectivity index (χ1n) is 18.6. The molecule has 1 aliphatic carbocycles. The number of rotatable bonds is 10. The molecule has 1 heterocycles. The standard InChI is InChI=1S/C28H32ClFN4O3.C8H10FN.C7H5FO.CH4O/c1-32(2)28(37)26(35)21-16-34(4)25-14-22(29)20(13-19(21)25)27(36)31-23-7-5-6-8-24(23)33(3)15-17-9-11-18(30)12-10-17;1-10-6-7-2-4-8(9)5-3-7;8-7-3-1-6(5-9)2-4-7;1-2/h9-14,16,23-24H,5-8,15H2,1-4H3,(H,31,36);2-5,10H,6H2,1H3;1-5H;2H,1H3. The number of aromatic nitrogens is 1. The molecule has 0 aliphatic heterocycles. The number of halogens is 4. The zero-order valence-electron chi connectivity index (χ0n) is 33.6. The van der Waals surface area contributed by atoms with Crippen molar-refractivity contribution in [3.05, 3.63) is 141 Å². The number of nitrogens with one attached hydrogen (secondary N) is 2. The first kappa shape index (κ1) is 47.0. The van der Waals surface area contributed by atoms with Gasteiger partial charge in [-0.3, -0.25) is 24.1 Å². The van der Waals surface area contributed by atoms with Crippen molar-refractivity contribution in [2.45, 2.75) is 50.9 Å². The summed E-state index contributed by atoms with van der Waals surface area (Å²) in [5, 5.41) is 13.9. The summed E-state index contributed by atoms with van der Waals surface area (Å²) in [5.41, 5.74) is 3.75. The molecule has 6 rings (SSSR count). The molecule has 4 aromatic carbocycles. The third-order valence-electron chi connectivity index (χ3n) is 9.43. The number of nitrogens with zero attached hydrogens (tertiary/aromatic N) is 3. The highest BCUT2D eigenvalue weighted by atomic mass is 35.5. The van der Waals surface area contributed by atoms with Crippen LogP contribution in [-0.4, -0.2) is 90.7 Å². The predicted octanol–water partition coefficient (Wildman–Crippen LogP) is 7.21. The van der Waals surface area contributed by atoms with Gasteiger partial charge in [0.05, 0.1) is 21.7 Å². The lowest BCUT2D eigenvalue weighted by molar-refractivity contribution is -0.124. The fraction of sp³-hybridized carbons (Fsp3) is 0.318. The summed E-state index contributed by atoms with van der Waals surface area (Å²) >= 11 is 6.53. The van der Waals surface area contributed by atoms with Crippen LogP contribution in [0.2, 0.25) is 5.02 Å². The molecular formula is C44H51ClF3N5O5. The number of carbonyl (C=O) groups is 4. The van der Waals surface area contributed by atoms with Crippen molar-refractivity contribution < 1.29 is 37.5 Å². The van der Waals surface area contributed by atoms with Gasteiger partial charge in [-0.1, -0.05) is 48.7 Å². The summed E-state index contributed by atoms with van der Waals surface area (Å²) in [4.78, 5) is 52.0. The van der Waals surface area contributed by atoms with Crippen molar-refractivity contribution >= 4 is 46.4 Å². The lowest BCUT2D eigenvalue weighted by Gasteiger charge is -2.38. The Balaban J connectivity index is 0.000000347. The molecule has 10 nitrogen and oxygen atoms in total. The number of hydrogen-bond acceptors (Lipinski definition) is 7. The van der Waals surface area contributed by atoms with Gasteiger partial charge >= 0.3 is 0 Å². The number of aliphatic hydroxyl groups excluding tert-OH is 1. The number of aliphatic hydroxyl groups is 1. The van der Waals surface area contributed by atoms with Gasteiger partial charge in [-0.25, -0.2) is 13.2 Å². The van der Waals surface area contributed by atoms with Gasteiger partial charge in [-0.15, -0.1) is 0 Å². The molecule has 1 saturated carbocycles. The lowest BCUT2D eigenvalue weighted by Crippen LogP contribution is -2.52. The fourth-order valence-electron chi connectivity index (χ4n) is 6.47. The Bertz CT molecular complexity index is 2110. The molecule has 1 fully saturated rings. The second kappa shape index (κ2) is 23.2. The van der Waals surface area contributed by atoms with Crippen LogP contribution in [0.15, 0.2) is 91.1 Å². The van der Waals surface area contributed by atoms with Crippen molar-refractivity contribution in [2.75, 3.05) is 35.3 Å². The maximum atomic E-state index is 13.4. The molecule has 0 bridgehead atoms. The maximum Gasteiger partial charge on any atom is 0.294 e. The smallest absolute Gasteiger partial charge is 0.294 e. The van der Waals surface area contributed by atoms with Crippen molar-refractivity contribution in [1.29, 1.82) is 0 Å². The third-order valence-corrected chi connectivity index (χ3v) is 9.74. The number of carbonyl (C=O) groups excluding carboxylic acids is 4. The van der Waals surface area contributed by atoms with Gasteiger partial charge in [-0.2, -0.15) is 0 Å². The van der Waals surface area contributed by atoms with Crippen LogP contribution in [0.3, 0.4) is 0 Å². The van der Waals surface area contributed by atoms with Crippen LogP contribution in [-0.2, 0) is 24.9 Å². The average molecular weight is 822 g/mol. The molecule has 2 amide bonds. The molecule has 5 aromatic rings. The summed E-state index contributed by atoms with van der Waals surface area (Å²) < 4.78 is 39.4. The Labute approximate surface area is 342 Å². The van der Waals surface area contributed by atoms with E-state index in [1.807, 2.05) is 14.1 Å². The predicted molar refractivity (Wildman–Crippen MR) is 221 cm³/mol. The van der Waals surface area contributed by atoms with Crippen molar-refractivity contribution in [1.82, 2.24) is 25.0 Å². The number of aryl methyl sites for hydroxylation is 1. The first-order valence-corrected chi connectivity index (χ1v) is 18.9. The number of hydrogen-bond donors (Lipinski definition) is 3. The largest absolute Gasteiger partial charge is 0.400 e. The number of ketones is 1. The van der Waals surface area contributed by atoms with Crippen LogP contribution >= 0.6 is 11.6 Å². The van der Waals surface area contributed by atoms with Crippen molar-refractivity contribution in [3.63, 3.8) is 0 Å². The summed E-state index contributed by atoms with van der Waals surface area (Å²) in [6.07, 6.45) is 6.10. The van der Waals surface area contributed by atoms with E-state index in [0.717, 1.165) is 50.5 Å². The highest BCUT2D eigenvalue weighted by molar-refractivity contribution is 6.45. The van der Waals surface area contributed by atoms with Gasteiger partial charge in [0.15, 0.2) is 0 Å². The maximum absolute atomic E-state index is 13.4. The zero-order valence-corrected chi connectivity index (χ0v) is 34.3. The second-order valence-electron chi connectivity index (χ2n) is 13.8. The third kappa shape index (κ3) is 13.4. The van der Waals surface area contributed by atoms with Crippen LogP contribution < -0.4 is 10.6 Å². The van der Waals surface area contributed by atoms with Gasteiger partial charge in [0.2, 0.25) is 0 Å². The van der Waals surface area contributed by atoms with E-state index in [1.165, 1.54) is 67.5 Å². The van der Waals surface area contributed by atoms with E-state index in [1.54, 1.807) is 54.2 Å². The molecular weight excluding hydrogens is 771 g/mol. The van der Waals surface area contributed by atoms with E-state index in [-0.39, 0.29) is 51.6 Å². The number of aldehydes is 1. The highest BCUT2D eigenvalue weighted by Gasteiger charge is 2.31. The minimum Gasteiger partial charge on any atom is -0.400 e. The minimum absolute atomic E-state index is 0.0920. The summed E-state index contributed by atoms with van der Waals surface area (Å²) in [7, 11) is 9.69. The van der Waals surface area contributed by atoms with Crippen LogP contribution in [0, 0.1) is 17.5 Å². The SMILES string of the molecule is CN(C)C(=O)C(=O)c1cn(C)c2cc(Cl)c(C(=O)NC3CCCCC3N(C)Cc3ccc(F)cc3)cc12.CNCc1ccc(F)cc1.CO.O=Cc1ccc(F)cc1. The molecule has 14 heteroatoms.